The molecule has 6 nitrogen and oxygen atoms in total. The fourth-order valence-electron chi connectivity index (χ4n) is 1.94. The van der Waals surface area contributed by atoms with E-state index in [1.165, 1.54) is 14.2 Å². The van der Waals surface area contributed by atoms with Crippen LogP contribution in [0.1, 0.15) is 29.8 Å². The van der Waals surface area contributed by atoms with Gasteiger partial charge in [0.1, 0.15) is 0 Å². The van der Waals surface area contributed by atoms with Crippen LogP contribution >= 0.6 is 15.9 Å². The van der Waals surface area contributed by atoms with Crippen molar-refractivity contribution in [3.8, 4) is 0 Å². The summed E-state index contributed by atoms with van der Waals surface area (Å²) in [4.78, 5) is 27.6. The third-order valence-corrected chi connectivity index (χ3v) is 3.57. The quantitative estimate of drug-likeness (QED) is 0.793. The van der Waals surface area contributed by atoms with E-state index in [0.29, 0.717) is 16.5 Å². The lowest BCUT2D eigenvalue weighted by Crippen LogP contribution is -2.44. The molecular weight excluding hydrogens is 340 g/mol. The van der Waals surface area contributed by atoms with E-state index in [1.807, 2.05) is 6.07 Å². The van der Waals surface area contributed by atoms with Crippen molar-refractivity contribution in [1.29, 1.82) is 0 Å². The van der Waals surface area contributed by atoms with Crippen molar-refractivity contribution >= 4 is 27.9 Å². The second kappa shape index (κ2) is 6.91. The van der Waals surface area contributed by atoms with Crippen LogP contribution in [0, 0.1) is 0 Å². The van der Waals surface area contributed by atoms with Crippen molar-refractivity contribution in [3.05, 3.63) is 33.8 Å². The molecule has 1 aromatic rings. The molecule has 0 saturated heterocycles. The minimum absolute atomic E-state index is 0.265. The number of nitrogens with one attached hydrogen (secondary N) is 1. The van der Waals surface area contributed by atoms with Crippen LogP contribution in [0.15, 0.2) is 22.7 Å². The van der Waals surface area contributed by atoms with Gasteiger partial charge in [0, 0.05) is 17.1 Å². The summed E-state index contributed by atoms with van der Waals surface area (Å²) in [7, 11) is 2.95. The van der Waals surface area contributed by atoms with Crippen molar-refractivity contribution in [2.24, 2.45) is 0 Å². The molecule has 2 amide bonds. The van der Waals surface area contributed by atoms with E-state index in [4.69, 9.17) is 9.94 Å². The SMILES string of the molecule is CON(C)C(=O)c1ccc(CC(C)(C)NC(=O)O)cc1Br. The van der Waals surface area contributed by atoms with Crippen LogP contribution in [0.3, 0.4) is 0 Å². The summed E-state index contributed by atoms with van der Waals surface area (Å²) in [6, 6.07) is 5.29. The van der Waals surface area contributed by atoms with Crippen LogP contribution in [0.5, 0.6) is 0 Å². The number of amides is 2. The van der Waals surface area contributed by atoms with Gasteiger partial charge in [-0.25, -0.2) is 9.86 Å². The molecular formula is C14H19BrN2O4. The molecule has 2 N–H and O–H groups in total. The Morgan fingerprint density at radius 1 is 1.43 bits per heavy atom. The predicted molar refractivity (Wildman–Crippen MR) is 82.2 cm³/mol. The summed E-state index contributed by atoms with van der Waals surface area (Å²) in [6.07, 6.45) is -0.556. The molecule has 0 saturated carbocycles. The topological polar surface area (TPSA) is 78.9 Å². The maximum Gasteiger partial charge on any atom is 0.405 e. The summed E-state index contributed by atoms with van der Waals surface area (Å²) < 4.78 is 0.639. The summed E-state index contributed by atoms with van der Waals surface area (Å²) in [5.74, 6) is -0.265. The average Bonchev–Trinajstić information content (AvgIpc) is 2.35. The molecule has 0 aliphatic heterocycles. The lowest BCUT2D eigenvalue weighted by atomic mass is 9.94. The summed E-state index contributed by atoms with van der Waals surface area (Å²) in [5.41, 5.74) is 0.796. The van der Waals surface area contributed by atoms with Gasteiger partial charge in [0.2, 0.25) is 0 Å². The number of carbonyl (C=O) groups excluding carboxylic acids is 1. The number of benzene rings is 1. The molecule has 0 fully saturated rings. The third-order valence-electron chi connectivity index (χ3n) is 2.92. The zero-order valence-corrected chi connectivity index (χ0v) is 14.0. The Labute approximate surface area is 132 Å². The van der Waals surface area contributed by atoms with Gasteiger partial charge in [-0.3, -0.25) is 9.63 Å². The molecule has 0 unspecified atom stereocenters. The minimum atomic E-state index is -1.06. The molecule has 1 aromatic carbocycles. The molecule has 1 rings (SSSR count). The van der Waals surface area contributed by atoms with Crippen LogP contribution < -0.4 is 5.32 Å². The van der Waals surface area contributed by atoms with Crippen LogP contribution in [0.25, 0.3) is 0 Å². The van der Waals surface area contributed by atoms with Crippen molar-refractivity contribution in [2.45, 2.75) is 25.8 Å². The number of carboxylic acid groups (broad SMARTS) is 1. The molecule has 0 aliphatic carbocycles. The maximum absolute atomic E-state index is 12.0. The number of hydrogen-bond acceptors (Lipinski definition) is 3. The Balaban J connectivity index is 2.93. The first-order chi connectivity index (χ1) is 9.66. The van der Waals surface area contributed by atoms with Gasteiger partial charge in [-0.05, 0) is 53.9 Å². The highest BCUT2D eigenvalue weighted by atomic mass is 79.9. The van der Waals surface area contributed by atoms with Crippen molar-refractivity contribution < 1.29 is 19.5 Å². The molecule has 0 aliphatic rings. The standard InChI is InChI=1S/C14H19BrN2O4/c1-14(2,16-13(19)20)8-9-5-6-10(11(15)7-9)12(18)17(3)21-4/h5-7,16H,8H2,1-4H3,(H,19,20). The number of hydrogen-bond donors (Lipinski definition) is 2. The smallest absolute Gasteiger partial charge is 0.405 e. The zero-order chi connectivity index (χ0) is 16.2. The van der Waals surface area contributed by atoms with Crippen molar-refractivity contribution in [3.63, 3.8) is 0 Å². The molecule has 0 radical (unpaired) electrons. The maximum atomic E-state index is 12.0. The minimum Gasteiger partial charge on any atom is -0.465 e. The van der Waals surface area contributed by atoms with E-state index >= 15 is 0 Å². The Bertz CT molecular complexity index is 546. The van der Waals surface area contributed by atoms with Crippen molar-refractivity contribution in [2.75, 3.05) is 14.2 Å². The van der Waals surface area contributed by atoms with Gasteiger partial charge < -0.3 is 10.4 Å². The van der Waals surface area contributed by atoms with Crippen LogP contribution in [-0.2, 0) is 11.3 Å². The van der Waals surface area contributed by atoms with Crippen molar-refractivity contribution in [1.82, 2.24) is 10.4 Å². The molecule has 7 heteroatoms. The van der Waals surface area contributed by atoms with Gasteiger partial charge in [0.05, 0.1) is 12.7 Å². The Morgan fingerprint density at radius 3 is 2.52 bits per heavy atom. The highest BCUT2D eigenvalue weighted by Gasteiger charge is 2.22. The molecule has 0 atom stereocenters. The van der Waals surface area contributed by atoms with E-state index in [9.17, 15) is 9.59 Å². The van der Waals surface area contributed by atoms with E-state index in [-0.39, 0.29) is 5.91 Å². The first-order valence-electron chi connectivity index (χ1n) is 6.28. The third kappa shape index (κ3) is 5.02. The normalized spacial score (nSPS) is 11.1. The Morgan fingerprint density at radius 2 is 2.05 bits per heavy atom. The van der Waals surface area contributed by atoms with E-state index < -0.39 is 11.6 Å². The lowest BCUT2D eigenvalue weighted by Gasteiger charge is -2.25. The Kier molecular flexibility index (Phi) is 5.74. The number of rotatable bonds is 5. The van der Waals surface area contributed by atoms with E-state index in [1.54, 1.807) is 26.0 Å². The summed E-state index contributed by atoms with van der Waals surface area (Å²) in [6.45, 7) is 3.60. The van der Waals surface area contributed by atoms with Crippen LogP contribution in [0.4, 0.5) is 4.79 Å². The highest BCUT2D eigenvalue weighted by molar-refractivity contribution is 9.10. The van der Waals surface area contributed by atoms with Gasteiger partial charge in [-0.1, -0.05) is 6.07 Å². The number of nitrogens with zero attached hydrogens (tertiary/aromatic N) is 1. The first-order valence-corrected chi connectivity index (χ1v) is 7.07. The highest BCUT2D eigenvalue weighted by Crippen LogP contribution is 2.22. The summed E-state index contributed by atoms with van der Waals surface area (Å²) in [5, 5.41) is 12.4. The molecule has 116 valence electrons. The Hall–Kier alpha value is -1.60. The van der Waals surface area contributed by atoms with Gasteiger partial charge in [-0.15, -0.1) is 0 Å². The fourth-order valence-corrected chi connectivity index (χ4v) is 2.53. The largest absolute Gasteiger partial charge is 0.465 e. The molecule has 21 heavy (non-hydrogen) atoms. The zero-order valence-electron chi connectivity index (χ0n) is 12.4. The summed E-state index contributed by atoms with van der Waals surface area (Å²) >= 11 is 3.36. The number of carbonyl (C=O) groups is 2. The molecule has 0 aromatic heterocycles. The lowest BCUT2D eigenvalue weighted by molar-refractivity contribution is -0.0757. The van der Waals surface area contributed by atoms with E-state index in [2.05, 4.69) is 21.2 Å². The molecule has 0 spiro atoms. The average molecular weight is 359 g/mol. The van der Waals surface area contributed by atoms with Crippen LogP contribution in [0.2, 0.25) is 0 Å². The fraction of sp³-hybridized carbons (Fsp3) is 0.429. The predicted octanol–water partition coefficient (Wildman–Crippen LogP) is 2.67. The first kappa shape index (κ1) is 17.5. The number of halogens is 1. The molecule has 0 heterocycles. The second-order valence-electron chi connectivity index (χ2n) is 5.29. The van der Waals surface area contributed by atoms with E-state index in [0.717, 1.165) is 10.6 Å². The number of hydroxylamine groups is 2. The second-order valence-corrected chi connectivity index (χ2v) is 6.14. The van der Waals surface area contributed by atoms with Crippen LogP contribution in [-0.4, -0.2) is 41.9 Å². The van der Waals surface area contributed by atoms with Gasteiger partial charge in [-0.2, -0.15) is 0 Å². The van der Waals surface area contributed by atoms with Gasteiger partial charge in [0.25, 0.3) is 5.91 Å². The van der Waals surface area contributed by atoms with Gasteiger partial charge >= 0.3 is 6.09 Å². The monoisotopic (exact) mass is 358 g/mol. The molecule has 0 bridgehead atoms. The van der Waals surface area contributed by atoms with Gasteiger partial charge in [0.15, 0.2) is 0 Å².